The number of nitrogens with one attached hydrogen (secondary N) is 2. The Balaban J connectivity index is 2.18. The summed E-state index contributed by atoms with van der Waals surface area (Å²) in [7, 11) is 1.59. The molecule has 0 saturated heterocycles. The molecule has 2 rings (SSSR count). The number of aryl methyl sites for hydroxylation is 2. The standard InChI is InChI=1S/C17H22N4O2/c1-4-13-7-5-6-8-14(13)21-16-11-15(19-12(2)20-16)17(22)18-9-10-23-3/h5-8,11H,4,9-10H2,1-3H3,(H,18,22)(H,19,20,21). The fraction of sp³-hybridized carbons (Fsp3) is 0.353. The van der Waals surface area contributed by atoms with Crippen LogP contribution in [0.4, 0.5) is 11.5 Å². The van der Waals surface area contributed by atoms with Gasteiger partial charge in [-0.25, -0.2) is 9.97 Å². The number of methoxy groups -OCH3 is 1. The average molecular weight is 314 g/mol. The van der Waals surface area contributed by atoms with E-state index in [1.54, 1.807) is 20.1 Å². The van der Waals surface area contributed by atoms with Gasteiger partial charge in [0.05, 0.1) is 6.61 Å². The van der Waals surface area contributed by atoms with Gasteiger partial charge in [0.1, 0.15) is 17.3 Å². The lowest BCUT2D eigenvalue weighted by Crippen LogP contribution is -2.28. The minimum atomic E-state index is -0.237. The highest BCUT2D eigenvalue weighted by Gasteiger charge is 2.11. The van der Waals surface area contributed by atoms with Crippen molar-refractivity contribution in [3.63, 3.8) is 0 Å². The van der Waals surface area contributed by atoms with Crippen LogP contribution < -0.4 is 10.6 Å². The summed E-state index contributed by atoms with van der Waals surface area (Å²) in [5, 5.41) is 6.03. The van der Waals surface area contributed by atoms with Crippen LogP contribution in [0.5, 0.6) is 0 Å². The Morgan fingerprint density at radius 1 is 1.26 bits per heavy atom. The SMILES string of the molecule is CCc1ccccc1Nc1cc(C(=O)NCCOC)nc(C)n1. The van der Waals surface area contributed by atoms with Crippen LogP contribution in [0.3, 0.4) is 0 Å². The monoisotopic (exact) mass is 314 g/mol. The molecular formula is C17H22N4O2. The number of benzene rings is 1. The van der Waals surface area contributed by atoms with Gasteiger partial charge in [-0.05, 0) is 25.0 Å². The molecule has 0 aliphatic rings. The maximum atomic E-state index is 12.1. The van der Waals surface area contributed by atoms with Crippen LogP contribution in [-0.2, 0) is 11.2 Å². The highest BCUT2D eigenvalue weighted by Crippen LogP contribution is 2.20. The number of rotatable bonds is 7. The van der Waals surface area contributed by atoms with Crippen molar-refractivity contribution in [2.75, 3.05) is 25.6 Å². The summed E-state index contributed by atoms with van der Waals surface area (Å²) in [4.78, 5) is 20.7. The third-order valence-corrected chi connectivity index (χ3v) is 3.32. The van der Waals surface area contributed by atoms with E-state index in [-0.39, 0.29) is 5.91 Å². The molecule has 122 valence electrons. The fourth-order valence-electron chi connectivity index (χ4n) is 2.19. The van der Waals surface area contributed by atoms with Gasteiger partial charge in [-0.3, -0.25) is 4.79 Å². The smallest absolute Gasteiger partial charge is 0.270 e. The topological polar surface area (TPSA) is 76.1 Å². The Morgan fingerprint density at radius 3 is 2.78 bits per heavy atom. The van der Waals surface area contributed by atoms with E-state index >= 15 is 0 Å². The first-order valence-electron chi connectivity index (χ1n) is 7.61. The van der Waals surface area contributed by atoms with Crippen molar-refractivity contribution in [1.29, 1.82) is 0 Å². The molecular weight excluding hydrogens is 292 g/mol. The molecule has 0 radical (unpaired) electrons. The Hall–Kier alpha value is -2.47. The van der Waals surface area contributed by atoms with E-state index in [1.807, 2.05) is 18.2 Å². The van der Waals surface area contributed by atoms with E-state index in [9.17, 15) is 4.79 Å². The average Bonchev–Trinajstić information content (AvgIpc) is 2.55. The van der Waals surface area contributed by atoms with Crippen molar-refractivity contribution < 1.29 is 9.53 Å². The highest BCUT2D eigenvalue weighted by molar-refractivity contribution is 5.93. The van der Waals surface area contributed by atoms with Crippen LogP contribution in [0.1, 0.15) is 28.8 Å². The third kappa shape index (κ3) is 4.75. The lowest BCUT2D eigenvalue weighted by Gasteiger charge is -2.12. The van der Waals surface area contributed by atoms with Crippen molar-refractivity contribution in [2.45, 2.75) is 20.3 Å². The minimum absolute atomic E-state index is 0.237. The maximum Gasteiger partial charge on any atom is 0.270 e. The van der Waals surface area contributed by atoms with Gasteiger partial charge in [-0.1, -0.05) is 25.1 Å². The number of carbonyl (C=O) groups excluding carboxylic acids is 1. The van der Waals surface area contributed by atoms with E-state index in [0.29, 0.717) is 30.5 Å². The normalized spacial score (nSPS) is 10.4. The summed E-state index contributed by atoms with van der Waals surface area (Å²) in [5.74, 6) is 0.913. The molecule has 1 amide bonds. The second kappa shape index (κ2) is 8.24. The molecule has 6 nitrogen and oxygen atoms in total. The molecule has 0 unspecified atom stereocenters. The first-order valence-corrected chi connectivity index (χ1v) is 7.61. The van der Waals surface area contributed by atoms with E-state index in [1.165, 1.54) is 5.56 Å². The zero-order chi connectivity index (χ0) is 16.7. The van der Waals surface area contributed by atoms with Crippen molar-refractivity contribution in [3.05, 3.63) is 47.4 Å². The van der Waals surface area contributed by atoms with Crippen LogP contribution in [0.25, 0.3) is 0 Å². The molecule has 23 heavy (non-hydrogen) atoms. The number of hydrogen-bond acceptors (Lipinski definition) is 5. The predicted octanol–water partition coefficient (Wildman–Crippen LogP) is 2.47. The Bertz CT molecular complexity index is 673. The van der Waals surface area contributed by atoms with Gasteiger partial charge in [0.25, 0.3) is 5.91 Å². The van der Waals surface area contributed by atoms with Gasteiger partial charge in [0.15, 0.2) is 0 Å². The number of amides is 1. The van der Waals surface area contributed by atoms with Crippen molar-refractivity contribution in [3.8, 4) is 0 Å². The summed E-state index contributed by atoms with van der Waals surface area (Å²) in [5.41, 5.74) is 2.51. The lowest BCUT2D eigenvalue weighted by atomic mass is 10.1. The zero-order valence-corrected chi connectivity index (χ0v) is 13.7. The van der Waals surface area contributed by atoms with Gasteiger partial charge in [-0.15, -0.1) is 0 Å². The number of nitrogens with zero attached hydrogens (tertiary/aromatic N) is 2. The number of para-hydroxylation sites is 1. The first-order chi connectivity index (χ1) is 11.1. The molecule has 2 aromatic rings. The summed E-state index contributed by atoms with van der Waals surface area (Å²) < 4.78 is 4.92. The van der Waals surface area contributed by atoms with E-state index in [4.69, 9.17) is 4.74 Å². The van der Waals surface area contributed by atoms with Gasteiger partial charge in [0.2, 0.25) is 0 Å². The molecule has 0 spiro atoms. The molecule has 6 heteroatoms. The van der Waals surface area contributed by atoms with Gasteiger partial charge in [0, 0.05) is 25.4 Å². The summed E-state index contributed by atoms with van der Waals surface area (Å²) in [6.45, 7) is 4.77. The number of ether oxygens (including phenoxy) is 1. The number of aromatic nitrogens is 2. The number of hydrogen-bond donors (Lipinski definition) is 2. The van der Waals surface area contributed by atoms with Gasteiger partial charge in [-0.2, -0.15) is 0 Å². The second-order valence-electron chi connectivity index (χ2n) is 5.07. The van der Waals surface area contributed by atoms with Crippen molar-refractivity contribution in [2.24, 2.45) is 0 Å². The van der Waals surface area contributed by atoms with Crippen molar-refractivity contribution >= 4 is 17.4 Å². The molecule has 0 aliphatic carbocycles. The van der Waals surface area contributed by atoms with Crippen LogP contribution in [0.15, 0.2) is 30.3 Å². The second-order valence-corrected chi connectivity index (χ2v) is 5.07. The Morgan fingerprint density at radius 2 is 2.04 bits per heavy atom. The largest absolute Gasteiger partial charge is 0.383 e. The quantitative estimate of drug-likeness (QED) is 0.768. The molecule has 0 bridgehead atoms. The molecule has 1 aromatic carbocycles. The molecule has 1 aromatic heterocycles. The predicted molar refractivity (Wildman–Crippen MR) is 90.1 cm³/mol. The minimum Gasteiger partial charge on any atom is -0.383 e. The molecule has 0 atom stereocenters. The number of anilines is 2. The zero-order valence-electron chi connectivity index (χ0n) is 13.7. The summed E-state index contributed by atoms with van der Waals surface area (Å²) in [6.07, 6.45) is 0.914. The molecule has 0 fully saturated rings. The van der Waals surface area contributed by atoms with Gasteiger partial charge >= 0.3 is 0 Å². The molecule has 0 aliphatic heterocycles. The van der Waals surface area contributed by atoms with Gasteiger partial charge < -0.3 is 15.4 Å². The van der Waals surface area contributed by atoms with Crippen LogP contribution in [0.2, 0.25) is 0 Å². The fourth-order valence-corrected chi connectivity index (χ4v) is 2.19. The Labute approximate surface area is 136 Å². The van der Waals surface area contributed by atoms with E-state index in [2.05, 4.69) is 33.6 Å². The van der Waals surface area contributed by atoms with Crippen LogP contribution in [0, 0.1) is 6.92 Å². The summed E-state index contributed by atoms with van der Waals surface area (Å²) >= 11 is 0. The first kappa shape index (κ1) is 16.9. The highest BCUT2D eigenvalue weighted by atomic mass is 16.5. The van der Waals surface area contributed by atoms with E-state index in [0.717, 1.165) is 12.1 Å². The van der Waals surface area contributed by atoms with Crippen LogP contribution in [-0.4, -0.2) is 36.1 Å². The summed E-state index contributed by atoms with van der Waals surface area (Å²) in [6, 6.07) is 9.68. The van der Waals surface area contributed by atoms with E-state index < -0.39 is 0 Å². The third-order valence-electron chi connectivity index (χ3n) is 3.32. The van der Waals surface area contributed by atoms with Crippen molar-refractivity contribution in [1.82, 2.24) is 15.3 Å². The molecule has 2 N–H and O–H groups in total. The lowest BCUT2D eigenvalue weighted by molar-refractivity contribution is 0.0932. The Kier molecular flexibility index (Phi) is 6.05. The number of carbonyl (C=O) groups is 1. The molecule has 1 heterocycles. The maximum absolute atomic E-state index is 12.1. The molecule has 0 saturated carbocycles. The van der Waals surface area contributed by atoms with Crippen LogP contribution >= 0.6 is 0 Å².